The summed E-state index contributed by atoms with van der Waals surface area (Å²) in [4.78, 5) is 27.9. The third kappa shape index (κ3) is 5.58. The van der Waals surface area contributed by atoms with Crippen molar-refractivity contribution in [3.8, 4) is 0 Å². The summed E-state index contributed by atoms with van der Waals surface area (Å²) in [5.74, 6) is -0.731. The van der Waals surface area contributed by atoms with Crippen molar-refractivity contribution in [2.45, 2.75) is 33.2 Å². The van der Waals surface area contributed by atoms with E-state index in [9.17, 15) is 9.59 Å². The molecule has 6 nitrogen and oxygen atoms in total. The number of aryl methyl sites for hydroxylation is 1. The number of carbonyl (C=O) groups excluding carboxylic acids is 2. The summed E-state index contributed by atoms with van der Waals surface area (Å²) in [5, 5.41) is 3.62. The maximum atomic E-state index is 12.6. The minimum Gasteiger partial charge on any atom is -0.460 e. The van der Waals surface area contributed by atoms with Crippen LogP contribution in [0.2, 0.25) is 5.02 Å². The summed E-state index contributed by atoms with van der Waals surface area (Å²) in [5.41, 5.74) is 2.96. The van der Waals surface area contributed by atoms with E-state index in [1.54, 1.807) is 13.8 Å². The lowest BCUT2D eigenvalue weighted by Crippen LogP contribution is -2.34. The fourth-order valence-electron chi connectivity index (χ4n) is 2.94. The number of H-pyrrole nitrogens is 1. The quantitative estimate of drug-likeness (QED) is 0.532. The number of halogens is 1. The maximum absolute atomic E-state index is 12.6. The molecule has 0 saturated carbocycles. The van der Waals surface area contributed by atoms with Gasteiger partial charge in [0.25, 0.3) is 5.91 Å². The number of ether oxygens (including phenoxy) is 2. The van der Waals surface area contributed by atoms with Crippen LogP contribution >= 0.6 is 11.6 Å². The molecule has 0 spiro atoms. The zero-order chi connectivity index (χ0) is 20.0. The number of methoxy groups -OCH3 is 1. The number of hydrogen-bond donors (Lipinski definition) is 2. The van der Waals surface area contributed by atoms with Crippen molar-refractivity contribution >= 4 is 23.5 Å². The summed E-state index contributed by atoms with van der Waals surface area (Å²) in [6.07, 6.45) is 0.650. The first-order valence-electron chi connectivity index (χ1n) is 8.74. The van der Waals surface area contributed by atoms with Gasteiger partial charge in [0, 0.05) is 23.9 Å². The summed E-state index contributed by atoms with van der Waals surface area (Å²) >= 11 is 6.00. The van der Waals surface area contributed by atoms with E-state index in [1.165, 1.54) is 7.11 Å². The molecule has 0 radical (unpaired) electrons. The highest BCUT2D eigenvalue weighted by atomic mass is 35.5. The second-order valence-corrected chi connectivity index (χ2v) is 6.90. The van der Waals surface area contributed by atoms with Crippen molar-refractivity contribution in [2.24, 2.45) is 0 Å². The van der Waals surface area contributed by atoms with Crippen molar-refractivity contribution in [3.05, 3.63) is 57.4 Å². The molecule has 0 saturated heterocycles. The predicted octanol–water partition coefficient (Wildman–Crippen LogP) is 3.45. The van der Waals surface area contributed by atoms with Crippen molar-refractivity contribution in [2.75, 3.05) is 20.3 Å². The van der Waals surface area contributed by atoms with E-state index in [0.717, 1.165) is 5.56 Å². The van der Waals surface area contributed by atoms with Crippen LogP contribution in [0.1, 0.15) is 44.6 Å². The van der Waals surface area contributed by atoms with Crippen molar-refractivity contribution in [1.29, 1.82) is 0 Å². The molecule has 1 aromatic carbocycles. The number of rotatable bonds is 8. The summed E-state index contributed by atoms with van der Waals surface area (Å²) in [6.45, 7) is 5.88. The fourth-order valence-corrected chi connectivity index (χ4v) is 3.15. The molecular formula is C20H25ClN2O4. The molecule has 2 rings (SSSR count). The largest absolute Gasteiger partial charge is 0.460 e. The molecule has 27 heavy (non-hydrogen) atoms. The highest BCUT2D eigenvalue weighted by Crippen LogP contribution is 2.19. The first kappa shape index (κ1) is 21.0. The average molecular weight is 393 g/mol. The zero-order valence-corrected chi connectivity index (χ0v) is 16.8. The second kappa shape index (κ2) is 9.58. The Morgan fingerprint density at radius 2 is 2.00 bits per heavy atom. The number of hydrogen-bond acceptors (Lipinski definition) is 4. The summed E-state index contributed by atoms with van der Waals surface area (Å²) in [7, 11) is 1.54. The second-order valence-electron chi connectivity index (χ2n) is 6.46. The lowest BCUT2D eigenvalue weighted by Gasteiger charge is -2.14. The van der Waals surface area contributed by atoms with Crippen LogP contribution < -0.4 is 5.32 Å². The van der Waals surface area contributed by atoms with Crippen molar-refractivity contribution in [3.63, 3.8) is 0 Å². The van der Waals surface area contributed by atoms with Gasteiger partial charge in [0.15, 0.2) is 0 Å². The molecule has 0 aliphatic carbocycles. The molecule has 1 atom stereocenters. The van der Waals surface area contributed by atoms with E-state index in [-0.39, 0.29) is 18.6 Å². The number of aromatic nitrogens is 1. The van der Waals surface area contributed by atoms with Gasteiger partial charge in [-0.1, -0.05) is 23.7 Å². The van der Waals surface area contributed by atoms with Gasteiger partial charge in [-0.05, 0) is 50.5 Å². The highest BCUT2D eigenvalue weighted by Gasteiger charge is 2.23. The first-order chi connectivity index (χ1) is 12.8. The molecule has 2 aromatic rings. The number of carbonyl (C=O) groups is 2. The molecule has 0 fully saturated rings. The molecule has 146 valence electrons. The van der Waals surface area contributed by atoms with Gasteiger partial charge in [0.1, 0.15) is 12.3 Å². The standard InChI is InChI=1S/C20H25ClN2O4/c1-12(10-15-6-5-7-16(21)11-15)22-19(24)18-13(2)17(14(3)23-18)20(25)27-9-8-26-4/h5-7,11-12,23H,8-10H2,1-4H3,(H,22,24)/t12-/m1/s1. The third-order valence-corrected chi connectivity index (χ3v) is 4.43. The summed E-state index contributed by atoms with van der Waals surface area (Å²) in [6, 6.07) is 7.43. The Hall–Kier alpha value is -2.31. The van der Waals surface area contributed by atoms with Crippen LogP contribution in [-0.4, -0.2) is 43.2 Å². The summed E-state index contributed by atoms with van der Waals surface area (Å²) < 4.78 is 10.0. The van der Waals surface area contributed by atoms with Crippen LogP contribution in [0, 0.1) is 13.8 Å². The Bertz CT molecular complexity index is 816. The first-order valence-corrected chi connectivity index (χ1v) is 9.11. The number of aromatic amines is 1. The zero-order valence-electron chi connectivity index (χ0n) is 16.0. The third-order valence-electron chi connectivity index (χ3n) is 4.20. The fraction of sp³-hybridized carbons (Fsp3) is 0.400. The van der Waals surface area contributed by atoms with E-state index in [0.29, 0.717) is 40.6 Å². The molecule has 7 heteroatoms. The van der Waals surface area contributed by atoms with Crippen LogP contribution in [0.15, 0.2) is 24.3 Å². The number of amides is 1. The number of esters is 1. The SMILES string of the molecule is COCCOC(=O)c1c(C)[nH]c(C(=O)N[C@H](C)Cc2cccc(Cl)c2)c1C. The smallest absolute Gasteiger partial charge is 0.340 e. The lowest BCUT2D eigenvalue weighted by atomic mass is 10.1. The minimum absolute atomic E-state index is 0.101. The Morgan fingerprint density at radius 1 is 1.26 bits per heavy atom. The van der Waals surface area contributed by atoms with Gasteiger partial charge in [-0.2, -0.15) is 0 Å². The molecule has 1 heterocycles. The van der Waals surface area contributed by atoms with E-state index < -0.39 is 5.97 Å². The van der Waals surface area contributed by atoms with E-state index in [2.05, 4.69) is 10.3 Å². The highest BCUT2D eigenvalue weighted by molar-refractivity contribution is 6.30. The predicted molar refractivity (Wildman–Crippen MR) is 105 cm³/mol. The Labute approximate surface area is 164 Å². The molecule has 0 aliphatic rings. The van der Waals surface area contributed by atoms with E-state index >= 15 is 0 Å². The van der Waals surface area contributed by atoms with Crippen LogP contribution in [0.25, 0.3) is 0 Å². The normalized spacial score (nSPS) is 11.9. The molecule has 0 unspecified atom stereocenters. The van der Waals surface area contributed by atoms with Crippen LogP contribution in [0.4, 0.5) is 0 Å². The number of nitrogens with one attached hydrogen (secondary N) is 2. The monoisotopic (exact) mass is 392 g/mol. The van der Waals surface area contributed by atoms with Gasteiger partial charge in [0.05, 0.1) is 12.2 Å². The van der Waals surface area contributed by atoms with Crippen LogP contribution in [0.3, 0.4) is 0 Å². The van der Waals surface area contributed by atoms with Crippen molar-refractivity contribution < 1.29 is 19.1 Å². The molecule has 2 N–H and O–H groups in total. The molecular weight excluding hydrogens is 368 g/mol. The van der Waals surface area contributed by atoms with Gasteiger partial charge in [-0.3, -0.25) is 4.79 Å². The van der Waals surface area contributed by atoms with Crippen LogP contribution in [-0.2, 0) is 15.9 Å². The topological polar surface area (TPSA) is 80.4 Å². The molecule has 0 aliphatic heterocycles. The Balaban J connectivity index is 2.05. The van der Waals surface area contributed by atoms with Gasteiger partial charge >= 0.3 is 5.97 Å². The van der Waals surface area contributed by atoms with Gasteiger partial charge in [0.2, 0.25) is 0 Å². The molecule has 0 bridgehead atoms. The van der Waals surface area contributed by atoms with Gasteiger partial charge in [-0.25, -0.2) is 4.79 Å². The minimum atomic E-state index is -0.468. The average Bonchev–Trinajstić information content (AvgIpc) is 2.89. The lowest BCUT2D eigenvalue weighted by molar-refractivity contribution is 0.0387. The van der Waals surface area contributed by atoms with Crippen LogP contribution in [0.5, 0.6) is 0 Å². The van der Waals surface area contributed by atoms with E-state index in [1.807, 2.05) is 31.2 Å². The van der Waals surface area contributed by atoms with E-state index in [4.69, 9.17) is 21.1 Å². The van der Waals surface area contributed by atoms with Gasteiger partial charge < -0.3 is 19.8 Å². The van der Waals surface area contributed by atoms with Crippen molar-refractivity contribution in [1.82, 2.24) is 10.3 Å². The van der Waals surface area contributed by atoms with Gasteiger partial charge in [-0.15, -0.1) is 0 Å². The molecule has 1 amide bonds. The Kier molecular flexibility index (Phi) is 7.45. The molecule has 1 aromatic heterocycles. The number of benzene rings is 1. The maximum Gasteiger partial charge on any atom is 0.340 e. The Morgan fingerprint density at radius 3 is 2.67 bits per heavy atom.